The van der Waals surface area contributed by atoms with Gasteiger partial charge in [-0.3, -0.25) is 4.99 Å². The first kappa shape index (κ1) is 14.0. The largest absolute Gasteiger partial charge is 0.416 e. The molecule has 0 amide bonds. The maximum absolute atomic E-state index is 12.7. The van der Waals surface area contributed by atoms with Crippen LogP contribution in [-0.4, -0.2) is 12.5 Å². The van der Waals surface area contributed by atoms with Gasteiger partial charge in [-0.05, 0) is 36.6 Å². The molecule has 0 saturated heterocycles. The molecule has 1 saturated carbocycles. The molecule has 0 aliphatic heterocycles. The molecule has 1 fully saturated rings. The number of aliphatic imine (C=N–C) groups is 1. The lowest BCUT2D eigenvalue weighted by Crippen LogP contribution is -2.25. The minimum Gasteiger partial charge on any atom is -0.370 e. The number of hydrogen-bond acceptors (Lipinski definition) is 1. The van der Waals surface area contributed by atoms with Crippen molar-refractivity contribution in [1.82, 2.24) is 0 Å². The normalized spacial score (nSPS) is 17.1. The summed E-state index contributed by atoms with van der Waals surface area (Å²) >= 11 is 6.01. The van der Waals surface area contributed by atoms with Crippen molar-refractivity contribution in [2.24, 2.45) is 16.5 Å². The van der Waals surface area contributed by atoms with Gasteiger partial charge in [0.1, 0.15) is 0 Å². The van der Waals surface area contributed by atoms with E-state index in [0.29, 0.717) is 10.6 Å². The summed E-state index contributed by atoms with van der Waals surface area (Å²) in [5.74, 6) is -0.0747. The quantitative estimate of drug-likeness (QED) is 0.664. The van der Waals surface area contributed by atoms with Crippen LogP contribution in [0.2, 0.25) is 5.02 Å². The topological polar surface area (TPSA) is 64.4 Å². The van der Waals surface area contributed by atoms with Crippen molar-refractivity contribution in [3.8, 4) is 0 Å². The number of nitrogens with two attached hydrogens (primary N) is 2. The molecule has 0 aromatic heterocycles. The highest BCUT2D eigenvalue weighted by molar-refractivity contribution is 6.31. The monoisotopic (exact) mass is 291 g/mol. The first-order valence-corrected chi connectivity index (χ1v) is 6.05. The molecular weight excluding hydrogens is 279 g/mol. The standard InChI is InChI=1S/C12H13ClF3N3/c13-9-2-1-7(12(14,15)16)5-8(9)11(3-4-11)6-19-10(17)18/h1-2,5H,3-4,6H2,(H4,17,18,19). The fraction of sp³-hybridized carbons (Fsp3) is 0.417. The summed E-state index contributed by atoms with van der Waals surface area (Å²) < 4.78 is 38.1. The van der Waals surface area contributed by atoms with Crippen LogP contribution in [0.25, 0.3) is 0 Å². The lowest BCUT2D eigenvalue weighted by atomic mass is 9.94. The number of alkyl halides is 3. The Morgan fingerprint density at radius 3 is 2.42 bits per heavy atom. The van der Waals surface area contributed by atoms with E-state index in [-0.39, 0.29) is 12.5 Å². The summed E-state index contributed by atoms with van der Waals surface area (Å²) in [6.07, 6.45) is -2.93. The van der Waals surface area contributed by atoms with Gasteiger partial charge in [-0.15, -0.1) is 0 Å². The number of nitrogens with zero attached hydrogens (tertiary/aromatic N) is 1. The van der Waals surface area contributed by atoms with Gasteiger partial charge >= 0.3 is 6.18 Å². The Balaban J connectivity index is 2.37. The average Bonchev–Trinajstić information content (AvgIpc) is 3.06. The fourth-order valence-corrected chi connectivity index (χ4v) is 2.33. The van der Waals surface area contributed by atoms with Gasteiger partial charge in [0.2, 0.25) is 0 Å². The van der Waals surface area contributed by atoms with E-state index in [0.717, 1.165) is 25.0 Å². The van der Waals surface area contributed by atoms with Gasteiger partial charge in [-0.1, -0.05) is 11.6 Å². The molecule has 0 bridgehead atoms. The Labute approximate surface area is 113 Å². The van der Waals surface area contributed by atoms with Crippen LogP contribution in [-0.2, 0) is 11.6 Å². The molecule has 1 aliphatic rings. The minimum absolute atomic E-state index is 0.0747. The van der Waals surface area contributed by atoms with Crippen LogP contribution in [0.1, 0.15) is 24.0 Å². The SMILES string of the molecule is NC(N)=NCC1(c2cc(C(F)(F)F)ccc2Cl)CC1. The van der Waals surface area contributed by atoms with E-state index in [1.54, 1.807) is 0 Å². The van der Waals surface area contributed by atoms with Gasteiger partial charge in [-0.2, -0.15) is 13.2 Å². The second-order valence-corrected chi connectivity index (χ2v) is 5.12. The lowest BCUT2D eigenvalue weighted by Gasteiger charge is -2.17. The Hall–Kier alpha value is -1.43. The van der Waals surface area contributed by atoms with E-state index in [9.17, 15) is 13.2 Å². The highest BCUT2D eigenvalue weighted by Gasteiger charge is 2.46. The third kappa shape index (κ3) is 2.94. The number of guanidine groups is 1. The van der Waals surface area contributed by atoms with Crippen LogP contribution in [0.15, 0.2) is 23.2 Å². The molecule has 4 N–H and O–H groups in total. The van der Waals surface area contributed by atoms with Crippen molar-refractivity contribution < 1.29 is 13.2 Å². The van der Waals surface area contributed by atoms with E-state index < -0.39 is 17.2 Å². The smallest absolute Gasteiger partial charge is 0.370 e. The molecule has 104 valence electrons. The third-order valence-electron chi connectivity index (χ3n) is 3.28. The molecule has 1 aromatic carbocycles. The van der Waals surface area contributed by atoms with Crippen molar-refractivity contribution in [3.63, 3.8) is 0 Å². The second kappa shape index (κ2) is 4.59. The molecule has 3 nitrogen and oxygen atoms in total. The van der Waals surface area contributed by atoms with E-state index in [2.05, 4.69) is 4.99 Å². The average molecular weight is 292 g/mol. The van der Waals surface area contributed by atoms with E-state index in [1.807, 2.05) is 0 Å². The van der Waals surface area contributed by atoms with Crippen molar-refractivity contribution in [3.05, 3.63) is 34.3 Å². The minimum atomic E-state index is -4.38. The fourth-order valence-electron chi connectivity index (χ4n) is 2.01. The molecule has 19 heavy (non-hydrogen) atoms. The number of rotatable bonds is 3. The van der Waals surface area contributed by atoms with E-state index >= 15 is 0 Å². The van der Waals surface area contributed by atoms with Crippen molar-refractivity contribution in [1.29, 1.82) is 0 Å². The Kier molecular flexibility index (Phi) is 3.38. The van der Waals surface area contributed by atoms with Crippen LogP contribution in [0.5, 0.6) is 0 Å². The molecule has 1 aromatic rings. The Morgan fingerprint density at radius 1 is 1.32 bits per heavy atom. The predicted octanol–water partition coefficient (Wildman–Crippen LogP) is 2.66. The zero-order chi connectivity index (χ0) is 14.3. The molecule has 0 unspecified atom stereocenters. The third-order valence-corrected chi connectivity index (χ3v) is 3.61. The summed E-state index contributed by atoms with van der Waals surface area (Å²) in [5, 5.41) is 0.316. The molecule has 2 rings (SSSR count). The number of benzene rings is 1. The molecule has 0 atom stereocenters. The van der Waals surface area contributed by atoms with Gasteiger partial charge in [0, 0.05) is 10.4 Å². The van der Waals surface area contributed by atoms with Crippen molar-refractivity contribution >= 4 is 17.6 Å². The number of halogens is 4. The Bertz CT molecular complexity index is 517. The van der Waals surface area contributed by atoms with Crippen LogP contribution in [0.4, 0.5) is 13.2 Å². The van der Waals surface area contributed by atoms with Crippen LogP contribution in [0, 0.1) is 0 Å². The highest BCUT2D eigenvalue weighted by Crippen LogP contribution is 2.51. The predicted molar refractivity (Wildman–Crippen MR) is 68.0 cm³/mol. The zero-order valence-electron chi connectivity index (χ0n) is 9.97. The maximum Gasteiger partial charge on any atom is 0.416 e. The van der Waals surface area contributed by atoms with Gasteiger partial charge in [0.05, 0.1) is 12.1 Å². The van der Waals surface area contributed by atoms with Crippen LogP contribution < -0.4 is 11.5 Å². The van der Waals surface area contributed by atoms with Gasteiger partial charge in [-0.25, -0.2) is 0 Å². The first-order chi connectivity index (χ1) is 8.74. The molecule has 0 radical (unpaired) electrons. The maximum atomic E-state index is 12.7. The zero-order valence-corrected chi connectivity index (χ0v) is 10.7. The van der Waals surface area contributed by atoms with Gasteiger partial charge < -0.3 is 11.5 Å². The highest BCUT2D eigenvalue weighted by atomic mass is 35.5. The number of hydrogen-bond donors (Lipinski definition) is 2. The summed E-state index contributed by atoms with van der Waals surface area (Å²) in [6, 6.07) is 3.34. The van der Waals surface area contributed by atoms with E-state index in [4.69, 9.17) is 23.1 Å². The summed E-state index contributed by atoms with van der Waals surface area (Å²) in [7, 11) is 0. The van der Waals surface area contributed by atoms with E-state index in [1.165, 1.54) is 6.07 Å². The van der Waals surface area contributed by atoms with Crippen LogP contribution in [0.3, 0.4) is 0 Å². The first-order valence-electron chi connectivity index (χ1n) is 5.67. The second-order valence-electron chi connectivity index (χ2n) is 4.71. The Morgan fingerprint density at radius 2 is 1.95 bits per heavy atom. The summed E-state index contributed by atoms with van der Waals surface area (Å²) in [6.45, 7) is 0.260. The summed E-state index contributed by atoms with van der Waals surface area (Å²) in [5.41, 5.74) is 9.82. The molecule has 0 heterocycles. The molecule has 1 aliphatic carbocycles. The van der Waals surface area contributed by atoms with Crippen LogP contribution >= 0.6 is 11.6 Å². The van der Waals surface area contributed by atoms with Gasteiger partial charge in [0.15, 0.2) is 5.96 Å². The lowest BCUT2D eigenvalue weighted by molar-refractivity contribution is -0.137. The molecular formula is C12H13ClF3N3. The summed E-state index contributed by atoms with van der Waals surface area (Å²) in [4.78, 5) is 3.90. The van der Waals surface area contributed by atoms with Crippen molar-refractivity contribution in [2.75, 3.05) is 6.54 Å². The van der Waals surface area contributed by atoms with Crippen molar-refractivity contribution in [2.45, 2.75) is 24.4 Å². The molecule has 0 spiro atoms. The van der Waals surface area contributed by atoms with Gasteiger partial charge in [0.25, 0.3) is 0 Å². The molecule has 7 heteroatoms.